The molecule has 3 heterocycles. The third-order valence-corrected chi connectivity index (χ3v) is 8.20. The number of piperidine rings is 1. The summed E-state index contributed by atoms with van der Waals surface area (Å²) < 4.78 is 0. The Hall–Kier alpha value is -2.86. The van der Waals surface area contributed by atoms with E-state index in [1.54, 1.807) is 6.92 Å². The average Bonchev–Trinajstić information content (AvgIpc) is 2.95. The van der Waals surface area contributed by atoms with Crippen LogP contribution in [0.4, 0.5) is 5.69 Å². The molecule has 0 spiro atoms. The number of likely N-dealkylation sites (tertiary alicyclic amines) is 1. The monoisotopic (exact) mass is 518 g/mol. The highest BCUT2D eigenvalue weighted by atomic mass is 16.2. The van der Waals surface area contributed by atoms with Crippen LogP contribution in [0.25, 0.3) is 0 Å². The first-order valence-corrected chi connectivity index (χ1v) is 14.7. The number of unbranched alkanes of at least 4 members (excludes halogenated alkanes) is 1. The van der Waals surface area contributed by atoms with Gasteiger partial charge in [0.15, 0.2) is 0 Å². The molecule has 0 saturated carbocycles. The highest BCUT2D eigenvalue weighted by Gasteiger charge is 2.26. The zero-order valence-electron chi connectivity index (χ0n) is 23.7. The van der Waals surface area contributed by atoms with Gasteiger partial charge >= 0.3 is 0 Å². The number of rotatable bonds is 7. The molecule has 2 amide bonds. The molecular formula is C32H46N4O2. The number of fused-ring (bicyclic) bond motifs is 2. The number of carbonyl (C=O) groups is 2. The first kappa shape index (κ1) is 28.2. The van der Waals surface area contributed by atoms with Crippen LogP contribution in [-0.2, 0) is 24.2 Å². The van der Waals surface area contributed by atoms with Crippen molar-refractivity contribution in [1.29, 1.82) is 0 Å². The summed E-state index contributed by atoms with van der Waals surface area (Å²) in [6.07, 6.45) is 7.58. The molecule has 0 aliphatic carbocycles. The van der Waals surface area contributed by atoms with Crippen molar-refractivity contribution < 1.29 is 9.59 Å². The van der Waals surface area contributed by atoms with E-state index in [1.165, 1.54) is 24.0 Å². The molecule has 38 heavy (non-hydrogen) atoms. The first-order valence-electron chi connectivity index (χ1n) is 14.7. The van der Waals surface area contributed by atoms with Gasteiger partial charge in [-0.2, -0.15) is 0 Å². The lowest BCUT2D eigenvalue weighted by Gasteiger charge is -2.33. The van der Waals surface area contributed by atoms with Gasteiger partial charge in [-0.3, -0.25) is 14.5 Å². The van der Waals surface area contributed by atoms with Crippen LogP contribution < -0.4 is 5.32 Å². The number of nitrogens with zero attached hydrogens (tertiary/aromatic N) is 3. The van der Waals surface area contributed by atoms with Crippen molar-refractivity contribution in [2.45, 2.75) is 78.3 Å². The number of nitrogens with one attached hydrogen (secondary N) is 1. The maximum atomic E-state index is 13.3. The SMILES string of the molecule is CC(=O)N1CCC(Nc2ccc3c(c2)C(=O)N(CCCN2CCc4ccccc4C2)CC3)CC1.CCCC. The van der Waals surface area contributed by atoms with Gasteiger partial charge < -0.3 is 15.1 Å². The van der Waals surface area contributed by atoms with Gasteiger partial charge in [0.05, 0.1) is 0 Å². The van der Waals surface area contributed by atoms with E-state index in [0.717, 1.165) is 94.7 Å². The average molecular weight is 519 g/mol. The van der Waals surface area contributed by atoms with Crippen molar-refractivity contribution in [3.63, 3.8) is 0 Å². The molecule has 206 valence electrons. The molecular weight excluding hydrogens is 472 g/mol. The molecule has 1 saturated heterocycles. The summed E-state index contributed by atoms with van der Waals surface area (Å²) in [5.41, 5.74) is 5.96. The van der Waals surface area contributed by atoms with E-state index >= 15 is 0 Å². The number of hydrogen-bond acceptors (Lipinski definition) is 4. The molecule has 3 aliphatic rings. The van der Waals surface area contributed by atoms with Gasteiger partial charge in [-0.1, -0.05) is 57.0 Å². The molecule has 0 unspecified atom stereocenters. The predicted molar refractivity (Wildman–Crippen MR) is 156 cm³/mol. The molecule has 0 atom stereocenters. The molecule has 3 aliphatic heterocycles. The second-order valence-corrected chi connectivity index (χ2v) is 11.0. The van der Waals surface area contributed by atoms with E-state index < -0.39 is 0 Å². The minimum absolute atomic E-state index is 0.156. The number of benzene rings is 2. The van der Waals surface area contributed by atoms with Crippen molar-refractivity contribution in [3.05, 3.63) is 64.7 Å². The summed E-state index contributed by atoms with van der Waals surface area (Å²) in [4.78, 5) is 31.3. The Morgan fingerprint density at radius 2 is 1.61 bits per heavy atom. The Bertz CT molecular complexity index is 1070. The highest BCUT2D eigenvalue weighted by Crippen LogP contribution is 2.25. The second-order valence-electron chi connectivity index (χ2n) is 11.0. The fourth-order valence-electron chi connectivity index (χ4n) is 5.63. The Morgan fingerprint density at radius 3 is 2.32 bits per heavy atom. The topological polar surface area (TPSA) is 55.9 Å². The van der Waals surface area contributed by atoms with Crippen molar-refractivity contribution in [3.8, 4) is 0 Å². The van der Waals surface area contributed by atoms with Gasteiger partial charge in [0.2, 0.25) is 5.91 Å². The van der Waals surface area contributed by atoms with E-state index in [2.05, 4.69) is 60.5 Å². The number of hydrogen-bond donors (Lipinski definition) is 1. The molecule has 2 aromatic carbocycles. The number of anilines is 1. The summed E-state index contributed by atoms with van der Waals surface area (Å²) in [5.74, 6) is 0.323. The second kappa shape index (κ2) is 13.8. The van der Waals surface area contributed by atoms with E-state index in [-0.39, 0.29) is 11.8 Å². The van der Waals surface area contributed by atoms with Gasteiger partial charge in [0, 0.05) is 70.0 Å². The Labute approximate surface area is 229 Å². The zero-order valence-corrected chi connectivity index (χ0v) is 23.7. The zero-order chi connectivity index (χ0) is 26.9. The summed E-state index contributed by atoms with van der Waals surface area (Å²) in [5, 5.41) is 3.60. The first-order chi connectivity index (χ1) is 18.5. The Balaban J connectivity index is 0.000000786. The Morgan fingerprint density at radius 1 is 0.895 bits per heavy atom. The van der Waals surface area contributed by atoms with Crippen LogP contribution in [-0.4, -0.2) is 71.8 Å². The van der Waals surface area contributed by atoms with Crippen LogP contribution in [0.3, 0.4) is 0 Å². The van der Waals surface area contributed by atoms with Crippen LogP contribution >= 0.6 is 0 Å². The van der Waals surface area contributed by atoms with Gasteiger partial charge in [-0.15, -0.1) is 0 Å². The molecule has 6 heteroatoms. The maximum absolute atomic E-state index is 13.3. The van der Waals surface area contributed by atoms with Gasteiger partial charge in [0.25, 0.3) is 5.91 Å². The summed E-state index contributed by atoms with van der Waals surface area (Å²) in [6, 6.07) is 15.4. The minimum atomic E-state index is 0.156. The summed E-state index contributed by atoms with van der Waals surface area (Å²) in [7, 11) is 0. The molecule has 0 bridgehead atoms. The van der Waals surface area contributed by atoms with Crippen LogP contribution in [0.15, 0.2) is 42.5 Å². The summed E-state index contributed by atoms with van der Waals surface area (Å²) >= 11 is 0. The number of amides is 2. The molecule has 0 radical (unpaired) electrons. The van der Waals surface area contributed by atoms with Gasteiger partial charge in [-0.25, -0.2) is 0 Å². The quantitative estimate of drug-likeness (QED) is 0.536. The van der Waals surface area contributed by atoms with Crippen molar-refractivity contribution in [1.82, 2.24) is 14.7 Å². The molecule has 1 N–H and O–H groups in total. The van der Waals surface area contributed by atoms with E-state index in [1.807, 2.05) is 15.9 Å². The van der Waals surface area contributed by atoms with Crippen LogP contribution in [0.1, 0.15) is 79.9 Å². The summed E-state index contributed by atoms with van der Waals surface area (Å²) in [6.45, 7) is 12.4. The van der Waals surface area contributed by atoms with Crippen LogP contribution in [0.2, 0.25) is 0 Å². The van der Waals surface area contributed by atoms with Gasteiger partial charge in [-0.05, 0) is 60.9 Å². The lowest BCUT2D eigenvalue weighted by Crippen LogP contribution is -2.41. The van der Waals surface area contributed by atoms with Crippen LogP contribution in [0, 0.1) is 0 Å². The third-order valence-electron chi connectivity index (χ3n) is 8.20. The van der Waals surface area contributed by atoms with Crippen molar-refractivity contribution in [2.75, 3.05) is 44.6 Å². The van der Waals surface area contributed by atoms with Crippen LogP contribution in [0.5, 0.6) is 0 Å². The number of carbonyl (C=O) groups excluding carboxylic acids is 2. The largest absolute Gasteiger partial charge is 0.382 e. The maximum Gasteiger partial charge on any atom is 0.254 e. The fraction of sp³-hybridized carbons (Fsp3) is 0.562. The van der Waals surface area contributed by atoms with Crippen molar-refractivity contribution >= 4 is 17.5 Å². The smallest absolute Gasteiger partial charge is 0.254 e. The van der Waals surface area contributed by atoms with Gasteiger partial charge in [0.1, 0.15) is 0 Å². The van der Waals surface area contributed by atoms with E-state index in [9.17, 15) is 9.59 Å². The molecule has 2 aromatic rings. The standard InChI is InChI=1S/C28H36N4O2.C4H10/c1-21(33)31-17-11-25(12-18-31)29-26-8-7-23-10-16-32(28(34)27(23)19-26)14-4-13-30-15-9-22-5-2-3-6-24(22)20-30;1-3-4-2/h2-3,5-8,19,25,29H,4,9-18,20H2,1H3;3-4H2,1-2H3. The normalized spacial score (nSPS) is 17.8. The third kappa shape index (κ3) is 7.37. The lowest BCUT2D eigenvalue weighted by molar-refractivity contribution is -0.129. The molecule has 1 fully saturated rings. The molecule has 5 rings (SSSR count). The predicted octanol–water partition coefficient (Wildman–Crippen LogP) is 5.36. The molecule has 0 aromatic heterocycles. The molecule has 6 nitrogen and oxygen atoms in total. The fourth-order valence-corrected chi connectivity index (χ4v) is 5.63. The van der Waals surface area contributed by atoms with Crippen molar-refractivity contribution in [2.24, 2.45) is 0 Å². The highest BCUT2D eigenvalue weighted by molar-refractivity contribution is 5.97. The van der Waals surface area contributed by atoms with E-state index in [4.69, 9.17) is 0 Å². The minimum Gasteiger partial charge on any atom is -0.382 e. The Kier molecular flexibility index (Phi) is 10.2. The lowest BCUT2D eigenvalue weighted by atomic mass is 9.97. The van der Waals surface area contributed by atoms with E-state index in [0.29, 0.717) is 6.04 Å².